The van der Waals surface area contributed by atoms with Crippen LogP contribution in [0, 0.1) is 11.3 Å². The fourth-order valence-electron chi connectivity index (χ4n) is 1.42. The molecule has 0 bridgehead atoms. The number of carbonyl (C=O) groups excluding carboxylic acids is 1. The first-order chi connectivity index (χ1) is 6.29. The number of rotatable bonds is 3. The van der Waals surface area contributed by atoms with Crippen LogP contribution in [-0.4, -0.2) is 37.0 Å². The fraction of sp³-hybridized carbons (Fsp3) is 0.750. The minimum atomic E-state index is -0.257. The van der Waals surface area contributed by atoms with Crippen LogP contribution >= 0.6 is 0 Å². The summed E-state index contributed by atoms with van der Waals surface area (Å²) in [6, 6.07) is 1.84. The Hall–Kier alpha value is -1.12. The van der Waals surface area contributed by atoms with E-state index >= 15 is 0 Å². The van der Waals surface area contributed by atoms with Crippen molar-refractivity contribution in [3.05, 3.63) is 0 Å². The number of hydrogen-bond acceptors (Lipinski definition) is 4. The molecule has 1 rings (SSSR count). The minimum Gasteiger partial charge on any atom is -0.325 e. The number of hydroxylamine groups is 1. The molecule has 0 aliphatic carbocycles. The quantitative estimate of drug-likeness (QED) is 0.607. The highest BCUT2D eigenvalue weighted by molar-refractivity contribution is 5.78. The van der Waals surface area contributed by atoms with Crippen LogP contribution in [0.2, 0.25) is 0 Å². The van der Waals surface area contributed by atoms with Gasteiger partial charge < -0.3 is 4.90 Å². The summed E-state index contributed by atoms with van der Waals surface area (Å²) in [5, 5.41) is 8.71. The Morgan fingerprint density at radius 3 is 3.23 bits per heavy atom. The highest BCUT2D eigenvalue weighted by Gasteiger charge is 2.28. The van der Waals surface area contributed by atoms with E-state index in [1.807, 2.05) is 0 Å². The molecule has 1 N–H and O–H groups in total. The Balaban J connectivity index is 2.42. The molecule has 0 spiro atoms. The highest BCUT2D eigenvalue weighted by atomic mass is 16.6. The number of carbonyl (C=O) groups is 1. The lowest BCUT2D eigenvalue weighted by Crippen LogP contribution is -2.38. The number of nitrogens with one attached hydrogen (secondary N) is 1. The molecule has 0 aromatic heterocycles. The molecule has 5 nitrogen and oxygen atoms in total. The number of amides is 1. The van der Waals surface area contributed by atoms with Crippen molar-refractivity contribution in [3.8, 4) is 6.07 Å². The van der Waals surface area contributed by atoms with E-state index < -0.39 is 0 Å². The summed E-state index contributed by atoms with van der Waals surface area (Å²) in [4.78, 5) is 17.7. The zero-order valence-electron chi connectivity index (χ0n) is 7.62. The van der Waals surface area contributed by atoms with E-state index in [0.717, 1.165) is 12.8 Å². The van der Waals surface area contributed by atoms with Crippen molar-refractivity contribution < 1.29 is 9.63 Å². The zero-order valence-corrected chi connectivity index (χ0v) is 7.62. The van der Waals surface area contributed by atoms with Gasteiger partial charge in [-0.25, -0.2) is 5.48 Å². The van der Waals surface area contributed by atoms with Crippen LogP contribution in [-0.2, 0) is 9.63 Å². The van der Waals surface area contributed by atoms with Crippen molar-refractivity contribution in [1.29, 1.82) is 5.26 Å². The predicted molar refractivity (Wildman–Crippen MR) is 45.4 cm³/mol. The molecule has 5 heteroatoms. The summed E-state index contributed by atoms with van der Waals surface area (Å²) >= 11 is 0. The predicted octanol–water partition coefficient (Wildman–Crippen LogP) is -0.348. The van der Waals surface area contributed by atoms with E-state index in [1.54, 1.807) is 11.9 Å². The molecule has 0 unspecified atom stereocenters. The molecular formula is C8H13N3O2. The maximum Gasteiger partial charge on any atom is 0.251 e. The molecule has 1 atom stereocenters. The van der Waals surface area contributed by atoms with Gasteiger partial charge in [0.05, 0.1) is 6.07 Å². The smallest absolute Gasteiger partial charge is 0.251 e. The molecule has 1 fully saturated rings. The van der Waals surface area contributed by atoms with Crippen molar-refractivity contribution in [2.45, 2.75) is 18.9 Å². The average Bonchev–Trinajstić information content (AvgIpc) is 2.61. The van der Waals surface area contributed by atoms with Gasteiger partial charge in [-0.1, -0.05) is 0 Å². The lowest BCUT2D eigenvalue weighted by Gasteiger charge is -2.18. The maximum atomic E-state index is 11.4. The first-order valence-electron chi connectivity index (χ1n) is 4.27. The minimum absolute atomic E-state index is 0.00528. The second-order valence-electron chi connectivity index (χ2n) is 2.87. The molecule has 1 saturated heterocycles. The lowest BCUT2D eigenvalue weighted by molar-refractivity contribution is -0.138. The number of hydrogen-bond donors (Lipinski definition) is 1. The first-order valence-corrected chi connectivity index (χ1v) is 4.27. The van der Waals surface area contributed by atoms with Gasteiger partial charge in [0.1, 0.15) is 12.6 Å². The molecule has 0 radical (unpaired) electrons. The topological polar surface area (TPSA) is 65.4 Å². The molecule has 1 aliphatic rings. The van der Waals surface area contributed by atoms with Gasteiger partial charge in [-0.2, -0.15) is 5.26 Å². The second kappa shape index (κ2) is 4.80. The van der Waals surface area contributed by atoms with Gasteiger partial charge in [0.25, 0.3) is 5.91 Å². The monoisotopic (exact) mass is 183 g/mol. The van der Waals surface area contributed by atoms with E-state index in [0.29, 0.717) is 6.54 Å². The Kier molecular flexibility index (Phi) is 3.68. The number of nitrogens with zero attached hydrogens (tertiary/aromatic N) is 2. The normalized spacial score (nSPS) is 21.5. The standard InChI is InChI=1S/C8H13N3O2/c1-10-13-6-8(12)11-4-2-3-7(11)5-9/h7,10H,2-4,6H2,1H3/t7-/m0/s1. The Labute approximate surface area is 77.2 Å². The summed E-state index contributed by atoms with van der Waals surface area (Å²) in [7, 11) is 1.60. The summed E-state index contributed by atoms with van der Waals surface area (Å²) < 4.78 is 0. The van der Waals surface area contributed by atoms with Gasteiger partial charge in [0.2, 0.25) is 0 Å². The van der Waals surface area contributed by atoms with E-state index in [1.165, 1.54) is 0 Å². The molecule has 0 aromatic rings. The largest absolute Gasteiger partial charge is 0.325 e. The number of nitriles is 1. The van der Waals surface area contributed by atoms with Gasteiger partial charge >= 0.3 is 0 Å². The van der Waals surface area contributed by atoms with E-state index in [4.69, 9.17) is 10.1 Å². The van der Waals surface area contributed by atoms with E-state index in [-0.39, 0.29) is 18.6 Å². The van der Waals surface area contributed by atoms with Crippen molar-refractivity contribution in [2.75, 3.05) is 20.2 Å². The summed E-state index contributed by atoms with van der Waals surface area (Å²) in [5.74, 6) is -0.126. The van der Waals surface area contributed by atoms with Gasteiger partial charge in [-0.05, 0) is 12.8 Å². The van der Waals surface area contributed by atoms with Crippen LogP contribution in [0.1, 0.15) is 12.8 Å². The van der Waals surface area contributed by atoms with E-state index in [2.05, 4.69) is 11.5 Å². The van der Waals surface area contributed by atoms with E-state index in [9.17, 15) is 4.79 Å². The summed E-state index contributed by atoms with van der Waals surface area (Å²) in [6.07, 6.45) is 1.69. The van der Waals surface area contributed by atoms with Crippen LogP contribution in [0.25, 0.3) is 0 Å². The molecular weight excluding hydrogens is 170 g/mol. The highest BCUT2D eigenvalue weighted by Crippen LogP contribution is 2.16. The maximum absolute atomic E-state index is 11.4. The van der Waals surface area contributed by atoms with Gasteiger partial charge in [0.15, 0.2) is 0 Å². The molecule has 1 aliphatic heterocycles. The molecule has 0 aromatic carbocycles. The molecule has 72 valence electrons. The van der Waals surface area contributed by atoms with Crippen molar-refractivity contribution in [2.24, 2.45) is 0 Å². The van der Waals surface area contributed by atoms with Crippen molar-refractivity contribution in [1.82, 2.24) is 10.4 Å². The molecule has 13 heavy (non-hydrogen) atoms. The lowest BCUT2D eigenvalue weighted by atomic mass is 10.2. The molecule has 0 saturated carbocycles. The van der Waals surface area contributed by atoms with Crippen LogP contribution in [0.5, 0.6) is 0 Å². The third-order valence-corrected chi connectivity index (χ3v) is 2.06. The average molecular weight is 183 g/mol. The van der Waals surface area contributed by atoms with Crippen LogP contribution in [0.3, 0.4) is 0 Å². The van der Waals surface area contributed by atoms with Gasteiger partial charge in [0, 0.05) is 13.6 Å². The number of likely N-dealkylation sites (tertiary alicyclic amines) is 1. The van der Waals surface area contributed by atoms with Gasteiger partial charge in [-0.15, -0.1) is 0 Å². The van der Waals surface area contributed by atoms with Gasteiger partial charge in [-0.3, -0.25) is 9.63 Å². The van der Waals surface area contributed by atoms with Crippen LogP contribution in [0.15, 0.2) is 0 Å². The van der Waals surface area contributed by atoms with Crippen LogP contribution < -0.4 is 5.48 Å². The first kappa shape index (κ1) is 9.96. The van der Waals surface area contributed by atoms with Crippen LogP contribution in [0.4, 0.5) is 0 Å². The second-order valence-corrected chi connectivity index (χ2v) is 2.87. The third kappa shape index (κ3) is 2.41. The Morgan fingerprint density at radius 2 is 2.62 bits per heavy atom. The summed E-state index contributed by atoms with van der Waals surface area (Å²) in [5.41, 5.74) is 2.42. The summed E-state index contributed by atoms with van der Waals surface area (Å²) in [6.45, 7) is 0.665. The zero-order chi connectivity index (χ0) is 9.68. The molecule has 1 heterocycles. The van der Waals surface area contributed by atoms with Crippen molar-refractivity contribution >= 4 is 5.91 Å². The SMILES string of the molecule is CNOCC(=O)N1CCC[C@H]1C#N. The third-order valence-electron chi connectivity index (χ3n) is 2.06. The molecule has 1 amide bonds. The van der Waals surface area contributed by atoms with Crippen molar-refractivity contribution in [3.63, 3.8) is 0 Å². The Bertz CT molecular complexity index is 224. The fourth-order valence-corrected chi connectivity index (χ4v) is 1.42. The Morgan fingerprint density at radius 1 is 1.85 bits per heavy atom.